The summed E-state index contributed by atoms with van der Waals surface area (Å²) in [6.45, 7) is 16.4. The van der Waals surface area contributed by atoms with Crippen molar-refractivity contribution in [3.05, 3.63) is 30.1 Å². The van der Waals surface area contributed by atoms with E-state index in [4.69, 9.17) is 19.4 Å². The number of benzene rings is 1. The van der Waals surface area contributed by atoms with Crippen LogP contribution >= 0.6 is 0 Å². The molecular formula is C34H51N7O7. The van der Waals surface area contributed by atoms with E-state index in [1.807, 2.05) is 42.7 Å². The highest BCUT2D eigenvalue weighted by Gasteiger charge is 2.29. The molecule has 0 radical (unpaired) electrons. The summed E-state index contributed by atoms with van der Waals surface area (Å²) in [5, 5.41) is 19.6. The van der Waals surface area contributed by atoms with E-state index in [9.17, 15) is 24.3 Å². The Balaban J connectivity index is 1.87. The number of hydrogen-bond donors (Lipinski definition) is 4. The second-order valence-corrected chi connectivity index (χ2v) is 13.7. The number of fused-ring (bicyclic) bond motifs is 3. The van der Waals surface area contributed by atoms with Crippen LogP contribution in [0.2, 0.25) is 0 Å². The van der Waals surface area contributed by atoms with Crippen LogP contribution in [0.3, 0.4) is 0 Å². The number of nitrogens with one attached hydrogen (secondary N) is 3. The zero-order chi connectivity index (χ0) is 35.8. The number of hydrogen-bond acceptors (Lipinski definition) is 9. The van der Waals surface area contributed by atoms with Crippen LogP contribution in [-0.2, 0) is 37.0 Å². The van der Waals surface area contributed by atoms with E-state index in [2.05, 4.69) is 16.0 Å². The van der Waals surface area contributed by atoms with Gasteiger partial charge in [-0.15, -0.1) is 0 Å². The molecular weight excluding hydrogens is 618 g/mol. The molecule has 4 amide bonds. The number of carbonyl (C=O) groups excluding carboxylic acids is 4. The van der Waals surface area contributed by atoms with Crippen molar-refractivity contribution in [3.8, 4) is 0 Å². The Kier molecular flexibility index (Phi) is 12.9. The van der Waals surface area contributed by atoms with Crippen molar-refractivity contribution in [2.24, 2.45) is 5.92 Å². The van der Waals surface area contributed by atoms with Crippen molar-refractivity contribution >= 4 is 51.6 Å². The summed E-state index contributed by atoms with van der Waals surface area (Å²) in [7, 11) is 0. The van der Waals surface area contributed by atoms with Gasteiger partial charge in [0.2, 0.25) is 17.7 Å². The third-order valence-electron chi connectivity index (χ3n) is 7.11. The Hall–Kier alpha value is -4.30. The standard InChI is InChI=1S/C34H51N7O7/c1-10-16-40(26(43)17-35-32(45)48-33(5,6)7)18-25(42)38-27(21(3)4)31(44)39-30-28-29(22-14-12-13-15-23(22)36-30)41(20-34(8,9)46)24(37-28)19-47-11-2/h12-15,21,27,46H,10-11,16-20H2,1-9H3,(H,35,45)(H,38,42)(H,36,39,44). The monoisotopic (exact) mass is 669 g/mol. The number of aromatic nitrogens is 3. The van der Waals surface area contributed by atoms with Gasteiger partial charge in [0.15, 0.2) is 5.82 Å². The minimum Gasteiger partial charge on any atom is -0.444 e. The molecule has 0 aliphatic rings. The molecule has 0 bridgehead atoms. The lowest BCUT2D eigenvalue weighted by Gasteiger charge is -2.26. The highest BCUT2D eigenvalue weighted by molar-refractivity contribution is 6.10. The number of alkyl carbamates (subject to hydrolysis) is 1. The van der Waals surface area contributed by atoms with E-state index in [-0.39, 0.29) is 44.5 Å². The van der Waals surface area contributed by atoms with E-state index in [1.54, 1.807) is 48.5 Å². The van der Waals surface area contributed by atoms with Gasteiger partial charge in [-0.3, -0.25) is 14.4 Å². The molecule has 264 valence electrons. The fourth-order valence-corrected chi connectivity index (χ4v) is 5.09. The summed E-state index contributed by atoms with van der Waals surface area (Å²) in [5.41, 5.74) is -0.0785. The van der Waals surface area contributed by atoms with Gasteiger partial charge < -0.3 is 40.0 Å². The van der Waals surface area contributed by atoms with Gasteiger partial charge >= 0.3 is 6.09 Å². The smallest absolute Gasteiger partial charge is 0.408 e. The molecule has 4 N–H and O–H groups in total. The Morgan fingerprint density at radius 3 is 2.33 bits per heavy atom. The molecule has 14 heteroatoms. The Labute approximate surface area is 281 Å². The molecule has 3 rings (SSSR count). The van der Waals surface area contributed by atoms with Crippen LogP contribution in [0.5, 0.6) is 0 Å². The van der Waals surface area contributed by atoms with Crippen LogP contribution in [0, 0.1) is 5.92 Å². The van der Waals surface area contributed by atoms with E-state index in [1.165, 1.54) is 4.90 Å². The van der Waals surface area contributed by atoms with Gasteiger partial charge in [-0.1, -0.05) is 39.0 Å². The predicted octanol–water partition coefficient (Wildman–Crippen LogP) is 3.73. The summed E-state index contributed by atoms with van der Waals surface area (Å²) >= 11 is 0. The van der Waals surface area contributed by atoms with Gasteiger partial charge in [0, 0.05) is 18.5 Å². The highest BCUT2D eigenvalue weighted by Crippen LogP contribution is 2.32. The maximum absolute atomic E-state index is 13.8. The normalized spacial score (nSPS) is 12.6. The molecule has 0 saturated carbocycles. The molecule has 0 spiro atoms. The lowest BCUT2D eigenvalue weighted by atomic mass is 10.0. The number of ether oxygens (including phenoxy) is 2. The Bertz CT molecular complexity index is 1610. The number of rotatable bonds is 15. The minimum absolute atomic E-state index is 0.188. The molecule has 2 heterocycles. The molecule has 1 atom stereocenters. The molecule has 2 aromatic heterocycles. The van der Waals surface area contributed by atoms with E-state index in [0.29, 0.717) is 35.4 Å². The van der Waals surface area contributed by atoms with Crippen molar-refractivity contribution < 1.29 is 33.8 Å². The topological polar surface area (TPSA) is 177 Å². The number of pyridine rings is 1. The lowest BCUT2D eigenvalue weighted by Crippen LogP contribution is -2.52. The Morgan fingerprint density at radius 2 is 1.73 bits per heavy atom. The molecule has 3 aromatic rings. The average Bonchev–Trinajstić information content (AvgIpc) is 3.33. The third kappa shape index (κ3) is 10.6. The first-order valence-electron chi connectivity index (χ1n) is 16.4. The number of imidazole rings is 1. The molecule has 0 saturated heterocycles. The van der Waals surface area contributed by atoms with Crippen molar-refractivity contribution in [1.82, 2.24) is 30.1 Å². The van der Waals surface area contributed by atoms with Crippen LogP contribution in [0.4, 0.5) is 10.6 Å². The summed E-state index contributed by atoms with van der Waals surface area (Å²) < 4.78 is 12.8. The van der Waals surface area contributed by atoms with Gasteiger partial charge in [-0.2, -0.15) is 0 Å². The second kappa shape index (κ2) is 16.2. The fraction of sp³-hybridized carbons (Fsp3) is 0.588. The third-order valence-corrected chi connectivity index (χ3v) is 7.11. The number of anilines is 1. The number of amides is 4. The second-order valence-electron chi connectivity index (χ2n) is 13.7. The number of carbonyl (C=O) groups is 4. The molecule has 0 aliphatic carbocycles. The zero-order valence-electron chi connectivity index (χ0n) is 29.6. The predicted molar refractivity (Wildman–Crippen MR) is 183 cm³/mol. The summed E-state index contributed by atoms with van der Waals surface area (Å²) in [6, 6.07) is 6.49. The van der Waals surface area contributed by atoms with Crippen LogP contribution in [-0.4, -0.2) is 91.8 Å². The number of para-hydroxylation sites is 1. The van der Waals surface area contributed by atoms with E-state index >= 15 is 0 Å². The lowest BCUT2D eigenvalue weighted by molar-refractivity contribution is -0.136. The summed E-state index contributed by atoms with van der Waals surface area (Å²) in [5.74, 6) is -1.06. The number of nitrogens with zero attached hydrogens (tertiary/aromatic N) is 4. The van der Waals surface area contributed by atoms with E-state index < -0.39 is 41.1 Å². The van der Waals surface area contributed by atoms with Gasteiger partial charge in [-0.25, -0.2) is 14.8 Å². The maximum atomic E-state index is 13.8. The SMILES string of the molecule is CCCN(CC(=O)NC(C(=O)Nc1nc2ccccc2c2c1nc(COCC)n2CC(C)(C)O)C(C)C)C(=O)CNC(=O)OC(C)(C)C. The van der Waals surface area contributed by atoms with Crippen molar-refractivity contribution in [1.29, 1.82) is 0 Å². The zero-order valence-corrected chi connectivity index (χ0v) is 29.6. The fourth-order valence-electron chi connectivity index (χ4n) is 5.09. The average molecular weight is 670 g/mol. The van der Waals surface area contributed by atoms with Crippen LogP contribution in [0.25, 0.3) is 21.9 Å². The van der Waals surface area contributed by atoms with Crippen LogP contribution < -0.4 is 16.0 Å². The first-order chi connectivity index (χ1) is 22.4. The summed E-state index contributed by atoms with van der Waals surface area (Å²) in [4.78, 5) is 62.8. The first kappa shape index (κ1) is 38.2. The molecule has 0 aliphatic heterocycles. The van der Waals surface area contributed by atoms with Crippen molar-refractivity contribution in [2.75, 3.05) is 31.6 Å². The summed E-state index contributed by atoms with van der Waals surface area (Å²) in [6.07, 6.45) is -0.159. The van der Waals surface area contributed by atoms with Crippen LogP contribution in [0.1, 0.15) is 74.6 Å². The largest absolute Gasteiger partial charge is 0.444 e. The van der Waals surface area contributed by atoms with Crippen LogP contribution in [0.15, 0.2) is 24.3 Å². The highest BCUT2D eigenvalue weighted by atomic mass is 16.6. The molecule has 0 fully saturated rings. The number of aliphatic hydroxyl groups is 1. The molecule has 48 heavy (non-hydrogen) atoms. The maximum Gasteiger partial charge on any atom is 0.408 e. The van der Waals surface area contributed by atoms with Crippen molar-refractivity contribution in [2.45, 2.75) is 99.1 Å². The Morgan fingerprint density at radius 1 is 1.04 bits per heavy atom. The van der Waals surface area contributed by atoms with Gasteiger partial charge in [0.05, 0.1) is 29.7 Å². The molecule has 14 nitrogen and oxygen atoms in total. The molecule has 1 aromatic carbocycles. The minimum atomic E-state index is -1.08. The van der Waals surface area contributed by atoms with Gasteiger partial charge in [-0.05, 0) is 59.9 Å². The van der Waals surface area contributed by atoms with Crippen molar-refractivity contribution in [3.63, 3.8) is 0 Å². The van der Waals surface area contributed by atoms with Gasteiger partial charge in [0.25, 0.3) is 0 Å². The van der Waals surface area contributed by atoms with Gasteiger partial charge in [0.1, 0.15) is 36.1 Å². The van der Waals surface area contributed by atoms with E-state index in [0.717, 1.165) is 5.39 Å². The molecule has 1 unspecified atom stereocenters. The first-order valence-corrected chi connectivity index (χ1v) is 16.4. The quantitative estimate of drug-likeness (QED) is 0.188.